The van der Waals surface area contributed by atoms with E-state index in [0.717, 1.165) is 0 Å². The van der Waals surface area contributed by atoms with Crippen LogP contribution in [0.25, 0.3) is 0 Å². The number of rotatable bonds is 2. The lowest BCUT2D eigenvalue weighted by Crippen LogP contribution is -2.24. The molecule has 2 N–H and O–H groups in total. The second-order valence-corrected chi connectivity index (χ2v) is 2.62. The fourth-order valence-corrected chi connectivity index (χ4v) is 0.984. The van der Waals surface area contributed by atoms with Crippen molar-refractivity contribution in [1.82, 2.24) is 10.2 Å². The molecular weight excluding hydrogens is 160 g/mol. The highest BCUT2D eigenvalue weighted by atomic mass is 16.3. The number of nitrogens with zero attached hydrogens (tertiary/aromatic N) is 1. The van der Waals surface area contributed by atoms with Gasteiger partial charge in [0, 0.05) is 25.2 Å². The van der Waals surface area contributed by atoms with Crippen LogP contribution >= 0.6 is 0 Å². The highest BCUT2D eigenvalue weighted by Crippen LogP contribution is 2.12. The van der Waals surface area contributed by atoms with Crippen LogP contribution in [-0.4, -0.2) is 35.6 Å². The Morgan fingerprint density at radius 2 is 2.42 bits per heavy atom. The van der Waals surface area contributed by atoms with Gasteiger partial charge in [0.05, 0.1) is 0 Å². The van der Waals surface area contributed by atoms with Crippen LogP contribution in [0.15, 0.2) is 11.8 Å². The first-order chi connectivity index (χ1) is 5.63. The summed E-state index contributed by atoms with van der Waals surface area (Å²) in [5, 5.41) is 11.3. The maximum Gasteiger partial charge on any atom is 0.250 e. The van der Waals surface area contributed by atoms with Gasteiger partial charge in [-0.1, -0.05) is 0 Å². The molecule has 0 saturated carbocycles. The highest BCUT2D eigenvalue weighted by molar-refractivity contribution is 5.95. The normalized spacial score (nSPS) is 25.7. The summed E-state index contributed by atoms with van der Waals surface area (Å²) in [6, 6.07) is 0. The summed E-state index contributed by atoms with van der Waals surface area (Å²) in [6.07, 6.45) is 1.42. The lowest BCUT2D eigenvalue weighted by molar-refractivity contribution is -0.117. The summed E-state index contributed by atoms with van der Waals surface area (Å²) in [4.78, 5) is 22.4. The van der Waals surface area contributed by atoms with E-state index in [-0.39, 0.29) is 12.3 Å². The smallest absolute Gasteiger partial charge is 0.250 e. The maximum absolute atomic E-state index is 11.0. The van der Waals surface area contributed by atoms with E-state index < -0.39 is 6.23 Å². The Labute approximate surface area is 69.7 Å². The van der Waals surface area contributed by atoms with E-state index in [0.29, 0.717) is 12.0 Å². The van der Waals surface area contributed by atoms with Crippen molar-refractivity contribution < 1.29 is 14.7 Å². The minimum Gasteiger partial charge on any atom is -0.373 e. The molecule has 1 fully saturated rings. The predicted octanol–water partition coefficient (Wildman–Crippen LogP) is -1.20. The molecule has 0 bridgehead atoms. The third-order valence-electron chi connectivity index (χ3n) is 1.53. The SMILES string of the molecule is CN(C=O)/C=C1\CC(O)NC1=O. The van der Waals surface area contributed by atoms with Crippen LogP contribution in [0.4, 0.5) is 0 Å². The van der Waals surface area contributed by atoms with Gasteiger partial charge in [0.1, 0.15) is 6.23 Å². The summed E-state index contributed by atoms with van der Waals surface area (Å²) in [5.74, 6) is -0.323. The number of hydrogen-bond acceptors (Lipinski definition) is 3. The fraction of sp³-hybridized carbons (Fsp3) is 0.429. The van der Waals surface area contributed by atoms with Crippen LogP contribution in [0.5, 0.6) is 0 Å². The molecule has 1 aliphatic rings. The average molecular weight is 170 g/mol. The average Bonchev–Trinajstić information content (AvgIpc) is 2.30. The van der Waals surface area contributed by atoms with Gasteiger partial charge in [0.25, 0.3) is 5.91 Å². The standard InChI is InChI=1S/C7H10N2O3/c1-9(4-10)3-5-2-6(11)8-7(5)12/h3-4,6,11H,2H2,1H3,(H,8,12)/b5-3+. The van der Waals surface area contributed by atoms with E-state index in [1.54, 1.807) is 0 Å². The zero-order valence-corrected chi connectivity index (χ0v) is 6.65. The van der Waals surface area contributed by atoms with Crippen LogP contribution in [0.3, 0.4) is 0 Å². The summed E-state index contributed by atoms with van der Waals surface area (Å²) in [6.45, 7) is 0. The molecule has 2 amide bonds. The van der Waals surface area contributed by atoms with Gasteiger partial charge in [-0.2, -0.15) is 0 Å². The molecule has 0 radical (unpaired) electrons. The van der Waals surface area contributed by atoms with Crippen LogP contribution in [0, 0.1) is 0 Å². The van der Waals surface area contributed by atoms with E-state index in [1.807, 2.05) is 0 Å². The molecule has 1 saturated heterocycles. The quantitative estimate of drug-likeness (QED) is 0.404. The lowest BCUT2D eigenvalue weighted by atomic mass is 10.2. The van der Waals surface area contributed by atoms with Crippen molar-refractivity contribution in [3.63, 3.8) is 0 Å². The molecule has 0 aromatic rings. The molecule has 1 aliphatic heterocycles. The number of carbonyl (C=O) groups is 2. The summed E-state index contributed by atoms with van der Waals surface area (Å²) in [7, 11) is 1.53. The lowest BCUT2D eigenvalue weighted by Gasteiger charge is -2.02. The molecule has 1 unspecified atom stereocenters. The Kier molecular flexibility index (Phi) is 2.44. The van der Waals surface area contributed by atoms with Crippen molar-refractivity contribution in [2.24, 2.45) is 0 Å². The Bertz CT molecular complexity index is 237. The third-order valence-corrected chi connectivity index (χ3v) is 1.53. The first-order valence-corrected chi connectivity index (χ1v) is 3.50. The Morgan fingerprint density at radius 3 is 2.83 bits per heavy atom. The Hall–Kier alpha value is -1.36. The molecule has 0 aromatic heterocycles. The molecular formula is C7H10N2O3. The topological polar surface area (TPSA) is 69.6 Å². The number of nitrogens with one attached hydrogen (secondary N) is 1. The summed E-state index contributed by atoms with van der Waals surface area (Å²) in [5.41, 5.74) is 0.414. The van der Waals surface area contributed by atoms with Crippen LogP contribution in [-0.2, 0) is 9.59 Å². The fourth-order valence-electron chi connectivity index (χ4n) is 0.984. The zero-order chi connectivity index (χ0) is 9.14. The molecule has 0 aliphatic carbocycles. The van der Waals surface area contributed by atoms with E-state index in [4.69, 9.17) is 5.11 Å². The molecule has 5 heteroatoms. The Balaban J connectivity index is 2.69. The number of hydrogen-bond donors (Lipinski definition) is 2. The molecule has 0 aromatic carbocycles. The van der Waals surface area contributed by atoms with Crippen molar-refractivity contribution in [3.8, 4) is 0 Å². The van der Waals surface area contributed by atoms with Crippen molar-refractivity contribution in [3.05, 3.63) is 11.8 Å². The van der Waals surface area contributed by atoms with Gasteiger partial charge < -0.3 is 15.3 Å². The van der Waals surface area contributed by atoms with Crippen molar-refractivity contribution in [2.75, 3.05) is 7.05 Å². The first kappa shape index (κ1) is 8.73. The first-order valence-electron chi connectivity index (χ1n) is 3.50. The minimum atomic E-state index is -0.816. The zero-order valence-electron chi connectivity index (χ0n) is 6.65. The second-order valence-electron chi connectivity index (χ2n) is 2.62. The van der Waals surface area contributed by atoms with E-state index in [1.165, 1.54) is 18.1 Å². The second kappa shape index (κ2) is 3.36. The van der Waals surface area contributed by atoms with Crippen LogP contribution in [0.2, 0.25) is 0 Å². The number of aliphatic hydroxyl groups excluding tert-OH is 1. The van der Waals surface area contributed by atoms with Gasteiger partial charge in [-0.25, -0.2) is 0 Å². The van der Waals surface area contributed by atoms with Crippen LogP contribution < -0.4 is 5.32 Å². The van der Waals surface area contributed by atoms with Gasteiger partial charge >= 0.3 is 0 Å². The predicted molar refractivity (Wildman–Crippen MR) is 40.7 cm³/mol. The van der Waals surface area contributed by atoms with E-state index >= 15 is 0 Å². The van der Waals surface area contributed by atoms with Crippen LogP contribution in [0.1, 0.15) is 6.42 Å². The van der Waals surface area contributed by atoms with Gasteiger partial charge in [-0.15, -0.1) is 0 Å². The van der Waals surface area contributed by atoms with Crippen molar-refractivity contribution in [2.45, 2.75) is 12.6 Å². The van der Waals surface area contributed by atoms with Crippen molar-refractivity contribution >= 4 is 12.3 Å². The highest BCUT2D eigenvalue weighted by Gasteiger charge is 2.24. The van der Waals surface area contributed by atoms with Gasteiger partial charge in [-0.05, 0) is 0 Å². The molecule has 5 nitrogen and oxygen atoms in total. The van der Waals surface area contributed by atoms with Gasteiger partial charge in [0.2, 0.25) is 6.41 Å². The maximum atomic E-state index is 11.0. The molecule has 1 rings (SSSR count). The summed E-state index contributed by atoms with van der Waals surface area (Å²) >= 11 is 0. The molecule has 1 atom stereocenters. The summed E-state index contributed by atoms with van der Waals surface area (Å²) < 4.78 is 0. The molecule has 1 heterocycles. The monoisotopic (exact) mass is 170 g/mol. The van der Waals surface area contributed by atoms with E-state index in [2.05, 4.69) is 5.32 Å². The molecule has 0 spiro atoms. The largest absolute Gasteiger partial charge is 0.373 e. The third kappa shape index (κ3) is 1.82. The molecule has 12 heavy (non-hydrogen) atoms. The van der Waals surface area contributed by atoms with Gasteiger partial charge in [0.15, 0.2) is 0 Å². The number of carbonyl (C=O) groups excluding carboxylic acids is 2. The molecule has 66 valence electrons. The number of amides is 2. The number of aliphatic hydroxyl groups is 1. The Morgan fingerprint density at radius 1 is 1.75 bits per heavy atom. The van der Waals surface area contributed by atoms with E-state index in [9.17, 15) is 9.59 Å². The minimum absolute atomic E-state index is 0.247. The van der Waals surface area contributed by atoms with Gasteiger partial charge in [-0.3, -0.25) is 9.59 Å². The van der Waals surface area contributed by atoms with Crippen molar-refractivity contribution in [1.29, 1.82) is 0 Å².